The largest absolute Gasteiger partial charge is 0.453 e. The molecule has 0 aliphatic heterocycles. The monoisotopic (exact) mass is 306 g/mol. The first kappa shape index (κ1) is 11.2. The van der Waals surface area contributed by atoms with Crippen molar-refractivity contribution in [2.24, 2.45) is 0 Å². The van der Waals surface area contributed by atoms with Crippen LogP contribution in [0.15, 0.2) is 32.7 Å². The van der Waals surface area contributed by atoms with Gasteiger partial charge in [-0.2, -0.15) is 0 Å². The van der Waals surface area contributed by atoms with Crippen molar-refractivity contribution in [3.63, 3.8) is 0 Å². The van der Waals surface area contributed by atoms with Crippen LogP contribution < -0.4 is 0 Å². The highest BCUT2D eigenvalue weighted by atomic mass is 79.9. The molecule has 0 aliphatic carbocycles. The Bertz CT molecular complexity index is 452. The fourth-order valence-corrected chi connectivity index (χ4v) is 3.06. The second-order valence-corrected chi connectivity index (χ2v) is 5.97. The van der Waals surface area contributed by atoms with Crippen molar-refractivity contribution in [3.8, 4) is 0 Å². The minimum Gasteiger partial charge on any atom is -0.453 e. The molecule has 1 unspecified atom stereocenters. The van der Waals surface area contributed by atoms with Crippen LogP contribution in [0.2, 0.25) is 5.22 Å². The third-order valence-electron chi connectivity index (χ3n) is 2.03. The molecule has 5 heteroatoms. The van der Waals surface area contributed by atoms with E-state index in [-0.39, 0.29) is 5.22 Å². The number of hydrogen-bond donors (Lipinski definition) is 1. The molecule has 0 amide bonds. The molecule has 0 aromatic carbocycles. The van der Waals surface area contributed by atoms with Gasteiger partial charge in [-0.15, -0.1) is 11.3 Å². The van der Waals surface area contributed by atoms with Crippen molar-refractivity contribution in [3.05, 3.63) is 43.9 Å². The molecular weight excluding hydrogens is 300 g/mol. The summed E-state index contributed by atoms with van der Waals surface area (Å²) in [7, 11) is 0. The molecule has 0 saturated heterocycles. The van der Waals surface area contributed by atoms with Gasteiger partial charge in [0.1, 0.15) is 0 Å². The lowest BCUT2D eigenvalue weighted by Gasteiger charge is -2.06. The topological polar surface area (TPSA) is 33.4 Å². The van der Waals surface area contributed by atoms with E-state index in [4.69, 9.17) is 16.0 Å². The standard InChI is InChI=1S/C10H8BrClO2S/c11-9-2-1-6(15-9)5-8(13)7-3-4-14-10(7)12/h1-4,8,13H,5H2. The van der Waals surface area contributed by atoms with E-state index in [1.165, 1.54) is 6.26 Å². The first-order valence-electron chi connectivity index (χ1n) is 4.32. The minimum atomic E-state index is -0.609. The van der Waals surface area contributed by atoms with Crippen molar-refractivity contribution in [2.75, 3.05) is 0 Å². The Kier molecular flexibility index (Phi) is 3.51. The molecule has 80 valence electrons. The Hall–Kier alpha value is -0.290. The van der Waals surface area contributed by atoms with Crippen LogP contribution in [-0.2, 0) is 6.42 Å². The van der Waals surface area contributed by atoms with E-state index < -0.39 is 6.10 Å². The van der Waals surface area contributed by atoms with Crippen LogP contribution in [0, 0.1) is 0 Å². The van der Waals surface area contributed by atoms with Gasteiger partial charge in [-0.1, -0.05) is 0 Å². The van der Waals surface area contributed by atoms with E-state index >= 15 is 0 Å². The third kappa shape index (κ3) is 2.64. The third-order valence-corrected chi connectivity index (χ3v) is 3.98. The number of thiophene rings is 1. The first-order chi connectivity index (χ1) is 7.16. The van der Waals surface area contributed by atoms with Crippen LogP contribution in [0.3, 0.4) is 0 Å². The van der Waals surface area contributed by atoms with Gasteiger partial charge in [0, 0.05) is 16.9 Å². The number of furan rings is 1. The van der Waals surface area contributed by atoms with Crippen molar-refractivity contribution in [1.29, 1.82) is 0 Å². The van der Waals surface area contributed by atoms with Gasteiger partial charge < -0.3 is 9.52 Å². The Balaban J connectivity index is 2.10. The van der Waals surface area contributed by atoms with Crippen LogP contribution in [0.4, 0.5) is 0 Å². The molecule has 2 nitrogen and oxygen atoms in total. The average Bonchev–Trinajstić information content (AvgIpc) is 2.75. The highest BCUT2D eigenvalue weighted by molar-refractivity contribution is 9.11. The fraction of sp³-hybridized carbons (Fsp3) is 0.200. The lowest BCUT2D eigenvalue weighted by Crippen LogP contribution is -1.99. The Labute approximate surface area is 105 Å². The van der Waals surface area contributed by atoms with E-state index in [9.17, 15) is 5.11 Å². The van der Waals surface area contributed by atoms with Gasteiger partial charge in [0.05, 0.1) is 16.2 Å². The summed E-state index contributed by atoms with van der Waals surface area (Å²) in [6, 6.07) is 5.63. The second-order valence-electron chi connectivity index (χ2n) is 3.08. The molecule has 0 bridgehead atoms. The highest BCUT2D eigenvalue weighted by Gasteiger charge is 2.15. The van der Waals surface area contributed by atoms with Crippen molar-refractivity contribution < 1.29 is 9.52 Å². The zero-order valence-electron chi connectivity index (χ0n) is 7.61. The van der Waals surface area contributed by atoms with Gasteiger partial charge >= 0.3 is 0 Å². The molecule has 15 heavy (non-hydrogen) atoms. The molecule has 2 rings (SSSR count). The maximum atomic E-state index is 9.90. The quantitative estimate of drug-likeness (QED) is 0.928. The number of hydrogen-bond acceptors (Lipinski definition) is 3. The summed E-state index contributed by atoms with van der Waals surface area (Å²) in [6.07, 6.45) is 1.42. The number of rotatable bonds is 3. The number of halogens is 2. The highest BCUT2D eigenvalue weighted by Crippen LogP contribution is 2.30. The zero-order valence-corrected chi connectivity index (χ0v) is 10.8. The Morgan fingerprint density at radius 2 is 2.27 bits per heavy atom. The number of aliphatic hydroxyl groups is 1. The van der Waals surface area contributed by atoms with E-state index in [2.05, 4.69) is 15.9 Å². The molecule has 0 spiro atoms. The Morgan fingerprint density at radius 3 is 2.80 bits per heavy atom. The van der Waals surface area contributed by atoms with Gasteiger partial charge in [-0.05, 0) is 45.7 Å². The van der Waals surface area contributed by atoms with Crippen molar-refractivity contribution in [1.82, 2.24) is 0 Å². The Morgan fingerprint density at radius 1 is 1.47 bits per heavy atom. The second kappa shape index (κ2) is 4.70. The molecule has 0 fully saturated rings. The van der Waals surface area contributed by atoms with E-state index in [1.807, 2.05) is 12.1 Å². The normalized spacial score (nSPS) is 13.0. The minimum absolute atomic E-state index is 0.262. The molecule has 0 saturated carbocycles. The maximum absolute atomic E-state index is 9.90. The van der Waals surface area contributed by atoms with Crippen LogP contribution in [0.25, 0.3) is 0 Å². The van der Waals surface area contributed by atoms with Crippen LogP contribution in [0.5, 0.6) is 0 Å². The molecule has 2 aromatic heterocycles. The summed E-state index contributed by atoms with van der Waals surface area (Å²) in [6.45, 7) is 0. The summed E-state index contributed by atoms with van der Waals surface area (Å²) in [5.41, 5.74) is 0.640. The smallest absolute Gasteiger partial charge is 0.198 e. The van der Waals surface area contributed by atoms with Gasteiger partial charge in [0.15, 0.2) is 5.22 Å². The van der Waals surface area contributed by atoms with E-state index in [1.54, 1.807) is 17.4 Å². The summed E-state index contributed by atoms with van der Waals surface area (Å²) in [5, 5.41) is 10.2. The van der Waals surface area contributed by atoms with Crippen LogP contribution in [0.1, 0.15) is 16.5 Å². The predicted octanol–water partition coefficient (Wildman–Crippen LogP) is 4.03. The van der Waals surface area contributed by atoms with Gasteiger partial charge in [0.2, 0.25) is 0 Å². The van der Waals surface area contributed by atoms with Gasteiger partial charge in [-0.25, -0.2) is 0 Å². The molecule has 0 radical (unpaired) electrons. The summed E-state index contributed by atoms with van der Waals surface area (Å²) in [4.78, 5) is 1.10. The fourth-order valence-electron chi connectivity index (χ4n) is 1.30. The zero-order chi connectivity index (χ0) is 10.8. The van der Waals surface area contributed by atoms with Crippen LogP contribution >= 0.6 is 38.9 Å². The first-order valence-corrected chi connectivity index (χ1v) is 6.30. The van der Waals surface area contributed by atoms with Crippen LogP contribution in [-0.4, -0.2) is 5.11 Å². The molecule has 2 heterocycles. The predicted molar refractivity (Wildman–Crippen MR) is 64.4 cm³/mol. The van der Waals surface area contributed by atoms with Crippen molar-refractivity contribution in [2.45, 2.75) is 12.5 Å². The van der Waals surface area contributed by atoms with Crippen molar-refractivity contribution >= 4 is 38.9 Å². The maximum Gasteiger partial charge on any atom is 0.198 e. The summed E-state index contributed by atoms with van der Waals surface area (Å²) in [5.74, 6) is 0. The molecule has 0 aliphatic rings. The number of aliphatic hydroxyl groups excluding tert-OH is 1. The molecule has 1 N–H and O–H groups in total. The summed E-state index contributed by atoms with van der Waals surface area (Å²) < 4.78 is 5.99. The van der Waals surface area contributed by atoms with E-state index in [0.717, 1.165) is 8.66 Å². The lowest BCUT2D eigenvalue weighted by atomic mass is 10.1. The average molecular weight is 308 g/mol. The molecule has 1 atom stereocenters. The van der Waals surface area contributed by atoms with E-state index in [0.29, 0.717) is 12.0 Å². The SMILES string of the molecule is OC(Cc1ccc(Br)s1)c1ccoc1Cl. The summed E-state index contributed by atoms with van der Waals surface area (Å²) >= 11 is 10.8. The molecule has 2 aromatic rings. The van der Waals surface area contributed by atoms with Gasteiger partial charge in [-0.3, -0.25) is 0 Å². The van der Waals surface area contributed by atoms with Gasteiger partial charge in [0.25, 0.3) is 0 Å². The molecular formula is C10H8BrClO2S. The lowest BCUT2D eigenvalue weighted by molar-refractivity contribution is 0.178.